The van der Waals surface area contributed by atoms with Crippen molar-refractivity contribution in [3.63, 3.8) is 0 Å². The minimum atomic E-state index is -0.898. The zero-order valence-electron chi connectivity index (χ0n) is 6.98. The van der Waals surface area contributed by atoms with Crippen molar-refractivity contribution in [2.75, 3.05) is 0 Å². The van der Waals surface area contributed by atoms with E-state index in [1.165, 1.54) is 6.07 Å². The molecule has 0 spiro atoms. The van der Waals surface area contributed by atoms with Crippen LogP contribution in [0.2, 0.25) is 5.02 Å². The van der Waals surface area contributed by atoms with Gasteiger partial charge in [0, 0.05) is 0 Å². The lowest BCUT2D eigenvalue weighted by atomic mass is 10.2. The fraction of sp³-hybridized carbons (Fsp3) is 0.100. The van der Waals surface area contributed by atoms with Crippen LogP contribution in [0.15, 0.2) is 12.1 Å². The topological polar surface area (TPSA) is 17.1 Å². The maximum absolute atomic E-state index is 13.1. The summed E-state index contributed by atoms with van der Waals surface area (Å²) in [5.74, 6) is 3.05. The summed E-state index contributed by atoms with van der Waals surface area (Å²) in [7, 11) is 0. The lowest BCUT2D eigenvalue weighted by molar-refractivity contribution is -0.107. The molecule has 0 fully saturated rings. The number of carbonyl (C=O) groups is 1. The Kier molecular flexibility index (Phi) is 3.61. The standard InChI is InChI=1S/C10H5ClF2O/c11-9-8(12)5-4-7(10(9)13)3-1-2-6-14/h4-6H,2H2. The van der Waals surface area contributed by atoms with Crippen molar-refractivity contribution in [3.05, 3.63) is 34.4 Å². The fourth-order valence-corrected chi connectivity index (χ4v) is 0.975. The van der Waals surface area contributed by atoms with Gasteiger partial charge in [0.1, 0.15) is 17.1 Å². The normalized spacial score (nSPS) is 9.07. The van der Waals surface area contributed by atoms with Gasteiger partial charge in [0.25, 0.3) is 0 Å². The van der Waals surface area contributed by atoms with Crippen LogP contribution in [0.1, 0.15) is 12.0 Å². The predicted molar refractivity (Wildman–Crippen MR) is 48.9 cm³/mol. The molecule has 0 unspecified atom stereocenters. The van der Waals surface area contributed by atoms with E-state index in [1.54, 1.807) is 0 Å². The maximum atomic E-state index is 13.1. The van der Waals surface area contributed by atoms with E-state index in [-0.39, 0.29) is 12.0 Å². The number of aldehydes is 1. The first-order valence-corrected chi connectivity index (χ1v) is 4.10. The van der Waals surface area contributed by atoms with Gasteiger partial charge in [0.15, 0.2) is 5.82 Å². The Morgan fingerprint density at radius 2 is 2.14 bits per heavy atom. The summed E-state index contributed by atoms with van der Waals surface area (Å²) in [5.41, 5.74) is -0.0155. The molecule has 0 N–H and O–H groups in total. The number of carbonyl (C=O) groups excluding carboxylic acids is 1. The van der Waals surface area contributed by atoms with Crippen molar-refractivity contribution in [2.45, 2.75) is 6.42 Å². The summed E-state index contributed by atoms with van der Waals surface area (Å²) in [5, 5.41) is -0.581. The zero-order chi connectivity index (χ0) is 10.6. The van der Waals surface area contributed by atoms with Crippen molar-refractivity contribution in [1.29, 1.82) is 0 Å². The Morgan fingerprint density at radius 1 is 1.43 bits per heavy atom. The van der Waals surface area contributed by atoms with Gasteiger partial charge in [0.2, 0.25) is 0 Å². The first-order chi connectivity index (χ1) is 6.66. The van der Waals surface area contributed by atoms with Gasteiger partial charge in [-0.3, -0.25) is 0 Å². The van der Waals surface area contributed by atoms with Gasteiger partial charge in [-0.1, -0.05) is 23.4 Å². The van der Waals surface area contributed by atoms with Crippen LogP contribution < -0.4 is 0 Å². The molecule has 0 saturated heterocycles. The van der Waals surface area contributed by atoms with Gasteiger partial charge in [-0.05, 0) is 12.1 Å². The van der Waals surface area contributed by atoms with Gasteiger partial charge >= 0.3 is 0 Å². The highest BCUT2D eigenvalue weighted by Crippen LogP contribution is 2.21. The molecule has 1 nitrogen and oxygen atoms in total. The van der Waals surface area contributed by atoms with Crippen molar-refractivity contribution in [1.82, 2.24) is 0 Å². The second kappa shape index (κ2) is 4.73. The van der Waals surface area contributed by atoms with Crippen LogP contribution in [-0.4, -0.2) is 6.29 Å². The van der Waals surface area contributed by atoms with Crippen molar-refractivity contribution >= 4 is 17.9 Å². The predicted octanol–water partition coefficient (Wildman–Crippen LogP) is 2.56. The summed E-state index contributed by atoms with van der Waals surface area (Å²) in [6, 6.07) is 2.20. The SMILES string of the molecule is O=CCC#Cc1ccc(F)c(Cl)c1F. The molecule has 1 aromatic carbocycles. The Morgan fingerprint density at radius 3 is 2.79 bits per heavy atom. The Bertz CT molecular complexity index is 418. The molecule has 0 saturated carbocycles. The van der Waals surface area contributed by atoms with Gasteiger partial charge < -0.3 is 4.79 Å². The minimum absolute atomic E-state index is 0.00837. The highest BCUT2D eigenvalue weighted by molar-refractivity contribution is 6.31. The van der Waals surface area contributed by atoms with Crippen molar-refractivity contribution in [2.24, 2.45) is 0 Å². The molecule has 0 radical (unpaired) electrons. The molecule has 0 aliphatic rings. The average molecular weight is 215 g/mol. The number of benzene rings is 1. The van der Waals surface area contributed by atoms with Gasteiger partial charge in [-0.15, -0.1) is 0 Å². The minimum Gasteiger partial charge on any atom is -0.302 e. The van der Waals surface area contributed by atoms with E-state index < -0.39 is 16.7 Å². The third-order valence-electron chi connectivity index (χ3n) is 1.44. The lowest BCUT2D eigenvalue weighted by Gasteiger charge is -1.97. The van der Waals surface area contributed by atoms with E-state index in [0.29, 0.717) is 6.29 Å². The molecule has 14 heavy (non-hydrogen) atoms. The summed E-state index contributed by atoms with van der Waals surface area (Å²) >= 11 is 5.31. The van der Waals surface area contributed by atoms with Gasteiger partial charge in [-0.25, -0.2) is 8.78 Å². The van der Waals surface area contributed by atoms with Crippen LogP contribution in [0, 0.1) is 23.5 Å². The third kappa shape index (κ3) is 2.30. The van der Waals surface area contributed by atoms with E-state index in [0.717, 1.165) is 6.07 Å². The highest BCUT2D eigenvalue weighted by atomic mass is 35.5. The monoisotopic (exact) mass is 214 g/mol. The van der Waals surface area contributed by atoms with Crippen molar-refractivity contribution < 1.29 is 13.6 Å². The molecule has 0 heterocycles. The summed E-state index contributed by atoms with van der Waals surface area (Å²) in [6.07, 6.45) is 0.602. The molecular weight excluding hydrogens is 210 g/mol. The summed E-state index contributed by atoms with van der Waals surface area (Å²) < 4.78 is 25.8. The molecule has 0 atom stereocenters. The highest BCUT2D eigenvalue weighted by Gasteiger charge is 2.09. The van der Waals surface area contributed by atoms with Gasteiger partial charge in [-0.2, -0.15) is 0 Å². The molecule has 72 valence electrons. The third-order valence-corrected chi connectivity index (χ3v) is 1.79. The molecule has 0 aliphatic carbocycles. The molecule has 1 aromatic rings. The van der Waals surface area contributed by atoms with E-state index in [2.05, 4.69) is 11.8 Å². The first-order valence-electron chi connectivity index (χ1n) is 3.73. The van der Waals surface area contributed by atoms with E-state index in [9.17, 15) is 13.6 Å². The largest absolute Gasteiger partial charge is 0.302 e. The van der Waals surface area contributed by atoms with E-state index >= 15 is 0 Å². The fourth-order valence-electron chi connectivity index (χ4n) is 0.810. The van der Waals surface area contributed by atoms with Crippen LogP contribution in [0.3, 0.4) is 0 Å². The van der Waals surface area contributed by atoms with Gasteiger partial charge in [0.05, 0.1) is 12.0 Å². The smallest absolute Gasteiger partial charge is 0.160 e. The van der Waals surface area contributed by atoms with E-state index in [1.807, 2.05) is 0 Å². The number of halogens is 3. The Balaban J connectivity index is 3.07. The van der Waals surface area contributed by atoms with Crippen LogP contribution >= 0.6 is 11.6 Å². The van der Waals surface area contributed by atoms with Crippen LogP contribution in [0.4, 0.5) is 8.78 Å². The maximum Gasteiger partial charge on any atom is 0.160 e. The van der Waals surface area contributed by atoms with Crippen LogP contribution in [-0.2, 0) is 4.79 Å². The van der Waals surface area contributed by atoms with E-state index in [4.69, 9.17) is 11.6 Å². The quantitative estimate of drug-likeness (QED) is 0.399. The second-order valence-electron chi connectivity index (χ2n) is 2.40. The Labute approximate surface area is 84.7 Å². The molecule has 4 heteroatoms. The van der Waals surface area contributed by atoms with Crippen LogP contribution in [0.25, 0.3) is 0 Å². The number of hydrogen-bond acceptors (Lipinski definition) is 1. The first kappa shape index (κ1) is 10.7. The zero-order valence-corrected chi connectivity index (χ0v) is 7.74. The van der Waals surface area contributed by atoms with Crippen molar-refractivity contribution in [3.8, 4) is 11.8 Å². The second-order valence-corrected chi connectivity index (χ2v) is 2.77. The molecular formula is C10H5ClF2O. The number of rotatable bonds is 1. The molecule has 0 aromatic heterocycles. The molecule has 1 rings (SSSR count). The average Bonchev–Trinajstić information content (AvgIpc) is 2.18. The summed E-state index contributed by atoms with van der Waals surface area (Å²) in [4.78, 5) is 9.92. The number of hydrogen-bond donors (Lipinski definition) is 0. The Hall–Kier alpha value is -1.40. The molecule has 0 aliphatic heterocycles. The van der Waals surface area contributed by atoms with Crippen LogP contribution in [0.5, 0.6) is 0 Å². The lowest BCUT2D eigenvalue weighted by Crippen LogP contribution is -1.88. The molecule has 0 amide bonds. The summed E-state index contributed by atoms with van der Waals surface area (Å²) in [6.45, 7) is 0. The molecule has 0 bridgehead atoms.